The predicted octanol–water partition coefficient (Wildman–Crippen LogP) is 4.31. The molecule has 2 aromatic carbocycles. The molecule has 0 bridgehead atoms. The fourth-order valence-electron chi connectivity index (χ4n) is 2.76. The van der Waals surface area contributed by atoms with Gasteiger partial charge in [0.1, 0.15) is 5.75 Å². The summed E-state index contributed by atoms with van der Waals surface area (Å²) in [6.45, 7) is -2.48. The van der Waals surface area contributed by atoms with Gasteiger partial charge in [-0.05, 0) is 36.4 Å². The molecule has 0 spiro atoms. The molecule has 0 radical (unpaired) electrons. The van der Waals surface area contributed by atoms with Gasteiger partial charge in [-0.2, -0.15) is 8.78 Å². The van der Waals surface area contributed by atoms with E-state index in [0.29, 0.717) is 13.0 Å². The summed E-state index contributed by atoms with van der Waals surface area (Å²) in [4.78, 5) is 12.6. The lowest BCUT2D eigenvalue weighted by Gasteiger charge is -2.27. The average molecular weight is 428 g/mol. The molecule has 0 saturated heterocycles. The molecule has 138 valence electrons. The number of hydrogen-bond acceptors (Lipinski definition) is 4. The summed E-state index contributed by atoms with van der Waals surface area (Å²) < 4.78 is 40.7. The van der Waals surface area contributed by atoms with Crippen molar-refractivity contribution in [2.24, 2.45) is 0 Å². The van der Waals surface area contributed by atoms with Gasteiger partial charge in [0, 0.05) is 22.0 Å². The minimum Gasteiger partial charge on any atom is -0.493 e. The molecule has 8 heteroatoms. The Morgan fingerprint density at radius 2 is 2.08 bits per heavy atom. The summed E-state index contributed by atoms with van der Waals surface area (Å²) in [5, 5.41) is 2.95. The first kappa shape index (κ1) is 18.4. The van der Waals surface area contributed by atoms with Crippen LogP contribution in [0.3, 0.4) is 0 Å². The molecule has 5 nitrogen and oxygen atoms in total. The van der Waals surface area contributed by atoms with Crippen molar-refractivity contribution in [1.82, 2.24) is 5.32 Å². The van der Waals surface area contributed by atoms with E-state index in [-0.39, 0.29) is 29.0 Å². The molecule has 1 atom stereocenters. The Morgan fingerprint density at radius 1 is 1.27 bits per heavy atom. The Morgan fingerprint density at radius 3 is 2.81 bits per heavy atom. The van der Waals surface area contributed by atoms with Crippen LogP contribution in [-0.2, 0) is 0 Å². The van der Waals surface area contributed by atoms with Gasteiger partial charge in [0.25, 0.3) is 5.91 Å². The van der Waals surface area contributed by atoms with Crippen LogP contribution in [0.4, 0.5) is 8.78 Å². The number of rotatable bonds is 5. The molecular weight excluding hydrogens is 412 g/mol. The first-order valence-electron chi connectivity index (χ1n) is 7.84. The van der Waals surface area contributed by atoms with Crippen molar-refractivity contribution in [2.75, 3.05) is 13.7 Å². The monoisotopic (exact) mass is 427 g/mol. The van der Waals surface area contributed by atoms with Gasteiger partial charge < -0.3 is 19.5 Å². The number of alkyl halides is 2. The highest BCUT2D eigenvalue weighted by atomic mass is 79.9. The van der Waals surface area contributed by atoms with Gasteiger partial charge >= 0.3 is 6.61 Å². The van der Waals surface area contributed by atoms with Gasteiger partial charge in [0.15, 0.2) is 11.5 Å². The molecule has 1 amide bonds. The Bertz CT molecular complexity index is 816. The second-order valence-corrected chi connectivity index (χ2v) is 6.51. The predicted molar refractivity (Wildman–Crippen MR) is 94.1 cm³/mol. The summed E-state index contributed by atoms with van der Waals surface area (Å²) in [6.07, 6.45) is 0.624. The molecule has 1 aliphatic rings. The number of amides is 1. The van der Waals surface area contributed by atoms with Crippen LogP contribution in [0.1, 0.15) is 28.4 Å². The van der Waals surface area contributed by atoms with Crippen LogP contribution in [0.5, 0.6) is 17.2 Å². The van der Waals surface area contributed by atoms with E-state index in [9.17, 15) is 13.6 Å². The van der Waals surface area contributed by atoms with E-state index in [0.717, 1.165) is 15.8 Å². The van der Waals surface area contributed by atoms with E-state index >= 15 is 0 Å². The SMILES string of the molecule is COc1cc(C(=O)NC2CCOc3ccc(Br)cc32)ccc1OC(F)F. The van der Waals surface area contributed by atoms with Crippen molar-refractivity contribution in [2.45, 2.75) is 19.1 Å². The van der Waals surface area contributed by atoms with Crippen molar-refractivity contribution in [3.05, 3.63) is 52.0 Å². The maximum absolute atomic E-state index is 12.6. The van der Waals surface area contributed by atoms with Gasteiger partial charge in [0.2, 0.25) is 0 Å². The quantitative estimate of drug-likeness (QED) is 0.771. The number of carbonyl (C=O) groups excluding carboxylic acids is 1. The van der Waals surface area contributed by atoms with Crippen molar-refractivity contribution >= 4 is 21.8 Å². The van der Waals surface area contributed by atoms with Crippen LogP contribution in [0, 0.1) is 0 Å². The Labute approximate surface area is 157 Å². The average Bonchev–Trinajstić information content (AvgIpc) is 2.62. The Kier molecular flexibility index (Phi) is 5.61. The van der Waals surface area contributed by atoms with Crippen LogP contribution in [0.25, 0.3) is 0 Å². The highest BCUT2D eigenvalue weighted by molar-refractivity contribution is 9.10. The molecule has 0 aliphatic carbocycles. The van der Waals surface area contributed by atoms with E-state index in [1.807, 2.05) is 18.2 Å². The molecule has 0 aromatic heterocycles. The highest BCUT2D eigenvalue weighted by Gasteiger charge is 2.24. The number of carbonyl (C=O) groups is 1. The lowest BCUT2D eigenvalue weighted by Crippen LogP contribution is -2.32. The zero-order valence-electron chi connectivity index (χ0n) is 13.8. The van der Waals surface area contributed by atoms with Gasteiger partial charge in [-0.1, -0.05) is 15.9 Å². The zero-order chi connectivity index (χ0) is 18.7. The topological polar surface area (TPSA) is 56.8 Å². The highest BCUT2D eigenvalue weighted by Crippen LogP contribution is 2.35. The van der Waals surface area contributed by atoms with Crippen molar-refractivity contribution < 1.29 is 27.8 Å². The summed E-state index contributed by atoms with van der Waals surface area (Å²) in [5.41, 5.74) is 1.16. The first-order valence-corrected chi connectivity index (χ1v) is 8.63. The van der Waals surface area contributed by atoms with Crippen LogP contribution in [0.15, 0.2) is 40.9 Å². The largest absolute Gasteiger partial charge is 0.493 e. The van der Waals surface area contributed by atoms with Gasteiger partial charge in [-0.15, -0.1) is 0 Å². The zero-order valence-corrected chi connectivity index (χ0v) is 15.4. The van der Waals surface area contributed by atoms with Crippen molar-refractivity contribution in [1.29, 1.82) is 0 Å². The number of fused-ring (bicyclic) bond motifs is 1. The normalized spacial score (nSPS) is 15.8. The Balaban J connectivity index is 1.80. The van der Waals surface area contributed by atoms with Crippen molar-refractivity contribution in [3.63, 3.8) is 0 Å². The molecular formula is C18H16BrF2NO4. The molecule has 1 unspecified atom stereocenters. The van der Waals surface area contributed by atoms with Gasteiger partial charge in [0.05, 0.1) is 19.8 Å². The molecule has 0 fully saturated rings. The fourth-order valence-corrected chi connectivity index (χ4v) is 3.14. The smallest absolute Gasteiger partial charge is 0.387 e. The molecule has 1 N–H and O–H groups in total. The molecule has 3 rings (SSSR count). The summed E-state index contributed by atoms with van der Waals surface area (Å²) >= 11 is 3.42. The van der Waals surface area contributed by atoms with Crippen LogP contribution >= 0.6 is 15.9 Å². The van der Waals surface area contributed by atoms with E-state index in [1.54, 1.807) is 0 Å². The second kappa shape index (κ2) is 7.90. The number of benzene rings is 2. The standard InChI is InChI=1S/C18H16BrF2NO4/c1-24-16-8-10(2-4-15(16)26-18(20)21)17(23)22-13-6-7-25-14-5-3-11(19)9-12(13)14/h2-5,8-9,13,18H,6-7H2,1H3,(H,22,23). The molecule has 1 aliphatic heterocycles. The Hall–Kier alpha value is -2.35. The lowest BCUT2D eigenvalue weighted by molar-refractivity contribution is -0.0512. The molecule has 26 heavy (non-hydrogen) atoms. The number of hydrogen-bond donors (Lipinski definition) is 1. The number of ether oxygens (including phenoxy) is 3. The molecule has 2 aromatic rings. The number of methoxy groups -OCH3 is 1. The van der Waals surface area contributed by atoms with Crippen molar-refractivity contribution in [3.8, 4) is 17.2 Å². The fraction of sp³-hybridized carbons (Fsp3) is 0.278. The van der Waals surface area contributed by atoms with Gasteiger partial charge in [-0.3, -0.25) is 4.79 Å². The third kappa shape index (κ3) is 4.07. The lowest BCUT2D eigenvalue weighted by atomic mass is 10.00. The molecule has 1 heterocycles. The van der Waals surface area contributed by atoms with E-state index < -0.39 is 6.61 Å². The van der Waals surface area contributed by atoms with Crippen LogP contribution < -0.4 is 19.5 Å². The van der Waals surface area contributed by atoms with E-state index in [1.165, 1.54) is 25.3 Å². The van der Waals surface area contributed by atoms with E-state index in [2.05, 4.69) is 26.0 Å². The summed E-state index contributed by atoms with van der Waals surface area (Å²) in [7, 11) is 1.32. The van der Waals surface area contributed by atoms with Crippen LogP contribution in [0.2, 0.25) is 0 Å². The summed E-state index contributed by atoms with van der Waals surface area (Å²) in [5.74, 6) is 0.320. The maximum atomic E-state index is 12.6. The third-order valence-corrected chi connectivity index (χ3v) is 4.45. The number of halogens is 3. The second-order valence-electron chi connectivity index (χ2n) is 5.59. The maximum Gasteiger partial charge on any atom is 0.387 e. The van der Waals surface area contributed by atoms with Gasteiger partial charge in [-0.25, -0.2) is 0 Å². The number of nitrogens with one attached hydrogen (secondary N) is 1. The summed E-state index contributed by atoms with van der Waals surface area (Å²) in [6, 6.07) is 9.47. The first-order chi connectivity index (χ1) is 12.5. The van der Waals surface area contributed by atoms with E-state index in [4.69, 9.17) is 9.47 Å². The van der Waals surface area contributed by atoms with Crippen LogP contribution in [-0.4, -0.2) is 26.2 Å². The minimum absolute atomic E-state index is 0.0630. The third-order valence-electron chi connectivity index (χ3n) is 3.96. The molecule has 0 saturated carbocycles. The minimum atomic E-state index is -2.97.